The molecule has 6 nitrogen and oxygen atoms in total. The SMILES string of the molecule is C[C@@H]1CCCC[C@H]1NC(=O)CCS(=O)(=O)c1cc(Br)cc2c1N(C(=O)C1CC1)CC2. The number of carbonyl (C=O) groups excluding carboxylic acids is 2. The zero-order chi connectivity index (χ0) is 21.5. The molecule has 0 saturated heterocycles. The van der Waals surface area contributed by atoms with Crippen molar-refractivity contribution in [2.75, 3.05) is 17.2 Å². The summed E-state index contributed by atoms with van der Waals surface area (Å²) < 4.78 is 27.1. The van der Waals surface area contributed by atoms with Gasteiger partial charge in [-0.1, -0.05) is 35.7 Å². The van der Waals surface area contributed by atoms with Crippen molar-refractivity contribution in [1.82, 2.24) is 5.32 Å². The summed E-state index contributed by atoms with van der Waals surface area (Å²) in [6.45, 7) is 2.65. The van der Waals surface area contributed by atoms with E-state index in [1.54, 1.807) is 11.0 Å². The smallest absolute Gasteiger partial charge is 0.230 e. The Balaban J connectivity index is 1.50. The second kappa shape index (κ2) is 8.61. The van der Waals surface area contributed by atoms with E-state index in [9.17, 15) is 18.0 Å². The van der Waals surface area contributed by atoms with E-state index in [-0.39, 0.29) is 40.8 Å². The van der Waals surface area contributed by atoms with Gasteiger partial charge in [0.2, 0.25) is 11.8 Å². The van der Waals surface area contributed by atoms with E-state index in [2.05, 4.69) is 28.2 Å². The molecule has 0 unspecified atom stereocenters. The molecule has 164 valence electrons. The molecule has 1 heterocycles. The first-order valence-corrected chi connectivity index (χ1v) is 13.4. The van der Waals surface area contributed by atoms with Gasteiger partial charge in [0.05, 0.1) is 16.3 Å². The summed E-state index contributed by atoms with van der Waals surface area (Å²) in [5.74, 6) is 0.00775. The fourth-order valence-corrected chi connectivity index (χ4v) is 6.80. The van der Waals surface area contributed by atoms with E-state index in [4.69, 9.17) is 0 Å². The predicted octanol–water partition coefficient (Wildman–Crippen LogP) is 3.61. The summed E-state index contributed by atoms with van der Waals surface area (Å²) in [5, 5.41) is 3.03. The fraction of sp³-hybridized carbons (Fsp3) is 0.636. The van der Waals surface area contributed by atoms with Crippen molar-refractivity contribution in [2.45, 2.75) is 69.2 Å². The maximum Gasteiger partial charge on any atom is 0.230 e. The highest BCUT2D eigenvalue weighted by Gasteiger charge is 2.39. The molecule has 1 aliphatic heterocycles. The molecule has 2 amide bonds. The zero-order valence-electron chi connectivity index (χ0n) is 17.3. The van der Waals surface area contributed by atoms with Crippen molar-refractivity contribution in [3.05, 3.63) is 22.2 Å². The van der Waals surface area contributed by atoms with Crippen LogP contribution in [0.25, 0.3) is 0 Å². The molecule has 1 aromatic rings. The van der Waals surface area contributed by atoms with Gasteiger partial charge < -0.3 is 10.2 Å². The van der Waals surface area contributed by atoms with E-state index < -0.39 is 9.84 Å². The van der Waals surface area contributed by atoms with E-state index >= 15 is 0 Å². The van der Waals surface area contributed by atoms with Gasteiger partial charge in [0.1, 0.15) is 0 Å². The number of sulfone groups is 1. The third-order valence-corrected chi connectivity index (χ3v) is 8.76. The first-order chi connectivity index (χ1) is 14.3. The molecule has 2 atom stereocenters. The zero-order valence-corrected chi connectivity index (χ0v) is 19.7. The Morgan fingerprint density at radius 2 is 1.90 bits per heavy atom. The number of amides is 2. The van der Waals surface area contributed by atoms with E-state index in [1.165, 1.54) is 6.42 Å². The maximum absolute atomic E-state index is 13.2. The number of benzene rings is 1. The average molecular weight is 497 g/mol. The van der Waals surface area contributed by atoms with Gasteiger partial charge in [-0.2, -0.15) is 0 Å². The predicted molar refractivity (Wildman–Crippen MR) is 119 cm³/mol. The maximum atomic E-state index is 13.2. The van der Waals surface area contributed by atoms with Crippen molar-refractivity contribution >= 4 is 43.3 Å². The lowest BCUT2D eigenvalue weighted by Crippen LogP contribution is -2.41. The van der Waals surface area contributed by atoms with Gasteiger partial charge in [-0.3, -0.25) is 9.59 Å². The average Bonchev–Trinajstić information content (AvgIpc) is 3.47. The lowest BCUT2D eigenvalue weighted by Gasteiger charge is -2.29. The molecular formula is C22H29BrN2O4S. The van der Waals surface area contributed by atoms with Crippen LogP contribution in [0.4, 0.5) is 5.69 Å². The van der Waals surface area contributed by atoms with Crippen LogP contribution in [-0.2, 0) is 25.8 Å². The Morgan fingerprint density at radius 1 is 1.17 bits per heavy atom. The van der Waals surface area contributed by atoms with Crippen molar-refractivity contribution in [1.29, 1.82) is 0 Å². The first-order valence-electron chi connectivity index (χ1n) is 10.9. The summed E-state index contributed by atoms with van der Waals surface area (Å²) in [4.78, 5) is 27.0. The Bertz CT molecular complexity index is 958. The van der Waals surface area contributed by atoms with Crippen molar-refractivity contribution in [2.24, 2.45) is 11.8 Å². The van der Waals surface area contributed by atoms with Gasteiger partial charge in [-0.15, -0.1) is 0 Å². The third-order valence-electron chi connectivity index (χ3n) is 6.58. The van der Waals surface area contributed by atoms with Crippen LogP contribution in [-0.4, -0.2) is 38.6 Å². The van der Waals surface area contributed by atoms with Crippen LogP contribution in [0.1, 0.15) is 57.4 Å². The normalized spacial score (nSPS) is 23.9. The van der Waals surface area contributed by atoms with Gasteiger partial charge in [-0.25, -0.2) is 8.42 Å². The van der Waals surface area contributed by atoms with Crippen molar-refractivity contribution in [3.8, 4) is 0 Å². The summed E-state index contributed by atoms with van der Waals surface area (Å²) in [5.41, 5.74) is 1.40. The topological polar surface area (TPSA) is 83.6 Å². The molecule has 0 bridgehead atoms. The molecule has 0 spiro atoms. The largest absolute Gasteiger partial charge is 0.353 e. The van der Waals surface area contributed by atoms with Gasteiger partial charge in [-0.05, 0) is 55.7 Å². The van der Waals surface area contributed by atoms with Gasteiger partial charge in [0, 0.05) is 29.4 Å². The molecule has 0 aromatic heterocycles. The highest BCUT2D eigenvalue weighted by Crippen LogP contribution is 2.41. The summed E-state index contributed by atoms with van der Waals surface area (Å²) in [6, 6.07) is 3.61. The van der Waals surface area contributed by atoms with Crippen LogP contribution in [0.3, 0.4) is 0 Å². The number of hydrogen-bond donors (Lipinski definition) is 1. The number of fused-ring (bicyclic) bond motifs is 1. The number of rotatable bonds is 6. The molecule has 8 heteroatoms. The van der Waals surface area contributed by atoms with Crippen LogP contribution >= 0.6 is 15.9 Å². The van der Waals surface area contributed by atoms with Crippen LogP contribution in [0, 0.1) is 11.8 Å². The van der Waals surface area contributed by atoms with Gasteiger partial charge >= 0.3 is 0 Å². The second-order valence-corrected chi connectivity index (χ2v) is 11.9. The number of nitrogens with zero attached hydrogens (tertiary/aromatic N) is 1. The molecule has 30 heavy (non-hydrogen) atoms. The van der Waals surface area contributed by atoms with Crippen molar-refractivity contribution in [3.63, 3.8) is 0 Å². The summed E-state index contributed by atoms with van der Waals surface area (Å²) >= 11 is 3.41. The van der Waals surface area contributed by atoms with Crippen LogP contribution < -0.4 is 10.2 Å². The molecule has 3 aliphatic rings. The molecule has 2 saturated carbocycles. The van der Waals surface area contributed by atoms with Crippen LogP contribution in [0.5, 0.6) is 0 Å². The number of hydrogen-bond acceptors (Lipinski definition) is 4. The van der Waals surface area contributed by atoms with Crippen LogP contribution in [0.2, 0.25) is 0 Å². The third kappa shape index (κ3) is 4.59. The van der Waals surface area contributed by atoms with E-state index in [0.29, 0.717) is 29.0 Å². The number of halogens is 1. The monoisotopic (exact) mass is 496 g/mol. The number of nitrogens with one attached hydrogen (secondary N) is 1. The highest BCUT2D eigenvalue weighted by molar-refractivity contribution is 9.10. The van der Waals surface area contributed by atoms with Crippen LogP contribution in [0.15, 0.2) is 21.5 Å². The molecule has 0 radical (unpaired) electrons. The highest BCUT2D eigenvalue weighted by atomic mass is 79.9. The summed E-state index contributed by atoms with van der Waals surface area (Å²) in [7, 11) is -3.71. The standard InChI is InChI=1S/C22H29BrN2O4S/c1-14-4-2-3-5-18(14)24-20(26)9-11-30(28,29)19-13-17(23)12-16-8-10-25(21(16)19)22(27)15-6-7-15/h12-15,18H,2-11H2,1H3,(H,24,26)/t14-,18-/m1/s1. The lowest BCUT2D eigenvalue weighted by atomic mass is 9.86. The molecule has 2 aliphatic carbocycles. The quantitative estimate of drug-likeness (QED) is 0.651. The minimum Gasteiger partial charge on any atom is -0.353 e. The summed E-state index contributed by atoms with van der Waals surface area (Å²) in [6.07, 6.45) is 6.68. The molecule has 1 aromatic carbocycles. The Kier molecular flexibility index (Phi) is 6.26. The van der Waals surface area contributed by atoms with E-state index in [0.717, 1.165) is 37.7 Å². The molecule has 1 N–H and O–H groups in total. The number of anilines is 1. The fourth-order valence-electron chi connectivity index (χ4n) is 4.62. The molecule has 4 rings (SSSR count). The minimum absolute atomic E-state index is 0.0246. The Labute approximate surface area is 186 Å². The molecule has 2 fully saturated rings. The molecular weight excluding hydrogens is 468 g/mol. The minimum atomic E-state index is -3.71. The Morgan fingerprint density at radius 3 is 2.60 bits per heavy atom. The van der Waals surface area contributed by atoms with Gasteiger partial charge in [0.25, 0.3) is 0 Å². The number of carbonyl (C=O) groups is 2. The van der Waals surface area contributed by atoms with Gasteiger partial charge in [0.15, 0.2) is 9.84 Å². The first kappa shape index (κ1) is 21.8. The second-order valence-electron chi connectivity index (χ2n) is 8.93. The lowest BCUT2D eigenvalue weighted by molar-refractivity contribution is -0.122. The van der Waals surface area contributed by atoms with Crippen molar-refractivity contribution < 1.29 is 18.0 Å². The Hall–Kier alpha value is -1.41. The van der Waals surface area contributed by atoms with E-state index in [1.807, 2.05) is 6.07 Å².